The second-order valence-corrected chi connectivity index (χ2v) is 9.94. The molecule has 39 heavy (non-hydrogen) atoms. The summed E-state index contributed by atoms with van der Waals surface area (Å²) in [5.74, 6) is 1.32. The summed E-state index contributed by atoms with van der Waals surface area (Å²) in [5.41, 5.74) is 4.72. The van der Waals surface area contributed by atoms with Crippen molar-refractivity contribution in [3.63, 3.8) is 0 Å². The molecule has 202 valence electrons. The third-order valence-corrected chi connectivity index (χ3v) is 7.22. The molecule has 3 aromatic rings. The highest BCUT2D eigenvalue weighted by atomic mass is 16.5. The van der Waals surface area contributed by atoms with Crippen molar-refractivity contribution in [2.75, 3.05) is 55.9 Å². The minimum absolute atomic E-state index is 0.240. The first-order valence-electron chi connectivity index (χ1n) is 13.3. The zero-order valence-electron chi connectivity index (χ0n) is 22.9. The number of likely N-dealkylation sites (N-methyl/N-ethyl adjacent to an activating group) is 1. The average molecular weight is 525 g/mol. The van der Waals surface area contributed by atoms with Gasteiger partial charge >= 0.3 is 0 Å². The Kier molecular flexibility index (Phi) is 7.84. The minimum atomic E-state index is -0.240. The molecule has 1 amide bonds. The normalized spacial score (nSPS) is 15.6. The van der Waals surface area contributed by atoms with E-state index in [1.165, 1.54) is 11.8 Å². The van der Waals surface area contributed by atoms with E-state index in [4.69, 9.17) is 9.73 Å². The van der Waals surface area contributed by atoms with Gasteiger partial charge in [0.05, 0.1) is 23.5 Å². The lowest BCUT2D eigenvalue weighted by molar-refractivity contribution is -0.111. The maximum Gasteiger partial charge on any atom is 0.247 e. The van der Waals surface area contributed by atoms with Crippen LogP contribution in [0.3, 0.4) is 0 Å². The van der Waals surface area contributed by atoms with Gasteiger partial charge in [-0.1, -0.05) is 24.8 Å². The van der Waals surface area contributed by atoms with Crippen LogP contribution >= 0.6 is 0 Å². The molecule has 2 aliphatic rings. The van der Waals surface area contributed by atoms with Crippen LogP contribution in [-0.4, -0.2) is 55.7 Å². The number of hydrogen-bond donors (Lipinski definition) is 2. The summed E-state index contributed by atoms with van der Waals surface area (Å²) in [6.07, 6.45) is 9.49. The molecule has 0 spiro atoms. The number of carbonyl (C=O) groups excluding carboxylic acids is 1. The molecule has 8 nitrogen and oxygen atoms in total. The SMILES string of the molecule is C=CC(=O)Nc1cccc(-c2cn(C)c3c2=NC(Nc2ccc(N4CCN(C)CC4)cc2OC)=CCCC=3)c1. The molecule has 2 aromatic carbocycles. The molecule has 1 fully saturated rings. The second-order valence-electron chi connectivity index (χ2n) is 9.94. The Morgan fingerprint density at radius 3 is 2.62 bits per heavy atom. The highest BCUT2D eigenvalue weighted by Gasteiger charge is 2.17. The fraction of sp³-hybridized carbons (Fsp3) is 0.290. The third kappa shape index (κ3) is 5.91. The topological polar surface area (TPSA) is 74.1 Å². The fourth-order valence-electron chi connectivity index (χ4n) is 5.02. The largest absolute Gasteiger partial charge is 0.494 e. The number of amides is 1. The van der Waals surface area contributed by atoms with Gasteiger partial charge in [0, 0.05) is 62.4 Å². The number of aromatic nitrogens is 1. The number of nitrogens with zero attached hydrogens (tertiary/aromatic N) is 4. The first-order chi connectivity index (χ1) is 18.9. The number of benzene rings is 2. The average Bonchev–Trinajstić information content (AvgIpc) is 3.23. The predicted octanol–water partition coefficient (Wildman–Crippen LogP) is 3.72. The summed E-state index contributed by atoms with van der Waals surface area (Å²) >= 11 is 0. The Bertz CT molecular complexity index is 1530. The van der Waals surface area contributed by atoms with E-state index in [0.717, 1.165) is 78.1 Å². The number of ether oxygens (including phenoxy) is 1. The van der Waals surface area contributed by atoms with Gasteiger partial charge in [-0.15, -0.1) is 0 Å². The monoisotopic (exact) mass is 524 g/mol. The molecule has 0 saturated carbocycles. The molecular formula is C31H36N6O2. The number of piperazine rings is 1. The van der Waals surface area contributed by atoms with Crippen molar-refractivity contribution in [1.29, 1.82) is 0 Å². The van der Waals surface area contributed by atoms with Crippen LogP contribution in [0.2, 0.25) is 0 Å². The molecule has 5 rings (SSSR count). The molecule has 0 atom stereocenters. The molecule has 0 bridgehead atoms. The molecule has 0 aliphatic carbocycles. The van der Waals surface area contributed by atoms with Crippen molar-refractivity contribution in [2.45, 2.75) is 12.8 Å². The standard InChI is InChI=1S/C31H36N6O2/c1-5-30(38)32-23-10-8-9-22(19-23)25-21-36(3)27-11-6-7-12-29(34-31(25)27)33-26-14-13-24(20-28(26)39-4)37-17-15-35(2)16-18-37/h5,8-14,19-21,33H,1,6-7,15-18H2,2-4H3,(H,32,38). The fourth-order valence-corrected chi connectivity index (χ4v) is 5.02. The van der Waals surface area contributed by atoms with Gasteiger partial charge in [-0.3, -0.25) is 4.79 Å². The quantitative estimate of drug-likeness (QED) is 0.461. The molecule has 2 N–H and O–H groups in total. The first-order valence-corrected chi connectivity index (χ1v) is 13.3. The van der Waals surface area contributed by atoms with Crippen molar-refractivity contribution in [3.05, 3.63) is 83.9 Å². The number of fused-ring (bicyclic) bond motifs is 1. The Hall–Kier alpha value is -4.30. The summed E-state index contributed by atoms with van der Waals surface area (Å²) in [5, 5.41) is 8.33. The van der Waals surface area contributed by atoms with Gasteiger partial charge in [0.2, 0.25) is 5.91 Å². The zero-order valence-corrected chi connectivity index (χ0v) is 22.9. The Morgan fingerprint density at radius 1 is 1.05 bits per heavy atom. The van der Waals surface area contributed by atoms with Gasteiger partial charge in [-0.25, -0.2) is 4.99 Å². The van der Waals surface area contributed by atoms with Crippen LogP contribution in [0.4, 0.5) is 17.1 Å². The molecule has 1 saturated heterocycles. The van der Waals surface area contributed by atoms with Gasteiger partial charge < -0.3 is 29.7 Å². The van der Waals surface area contributed by atoms with Crippen LogP contribution in [0.15, 0.2) is 78.2 Å². The van der Waals surface area contributed by atoms with Crippen LogP contribution in [0.1, 0.15) is 12.8 Å². The van der Waals surface area contributed by atoms with E-state index in [-0.39, 0.29) is 5.91 Å². The molecular weight excluding hydrogens is 488 g/mol. The lowest BCUT2D eigenvalue weighted by Crippen LogP contribution is -2.44. The van der Waals surface area contributed by atoms with Crippen LogP contribution in [0.25, 0.3) is 17.2 Å². The molecule has 2 aliphatic heterocycles. The van der Waals surface area contributed by atoms with Crippen molar-refractivity contribution in [3.8, 4) is 16.9 Å². The van der Waals surface area contributed by atoms with Crippen molar-refractivity contribution in [2.24, 2.45) is 12.0 Å². The van der Waals surface area contributed by atoms with E-state index in [1.807, 2.05) is 31.3 Å². The summed E-state index contributed by atoms with van der Waals surface area (Å²) < 4.78 is 7.90. The zero-order chi connectivity index (χ0) is 27.4. The summed E-state index contributed by atoms with van der Waals surface area (Å²) in [7, 11) is 5.91. The number of hydrogen-bond acceptors (Lipinski definition) is 6. The Morgan fingerprint density at radius 2 is 1.85 bits per heavy atom. The van der Waals surface area contributed by atoms with E-state index in [0.29, 0.717) is 5.69 Å². The predicted molar refractivity (Wildman–Crippen MR) is 159 cm³/mol. The Labute approximate surface area is 229 Å². The van der Waals surface area contributed by atoms with Gasteiger partial charge in [0.15, 0.2) is 0 Å². The molecule has 3 heterocycles. The first kappa shape index (κ1) is 26.3. The van der Waals surface area contributed by atoms with Gasteiger partial charge in [-0.05, 0) is 61.9 Å². The third-order valence-electron chi connectivity index (χ3n) is 7.22. The van der Waals surface area contributed by atoms with Crippen LogP contribution in [0, 0.1) is 0 Å². The summed E-state index contributed by atoms with van der Waals surface area (Å²) in [6.45, 7) is 7.65. The minimum Gasteiger partial charge on any atom is -0.494 e. The number of carbonyl (C=O) groups is 1. The lowest BCUT2D eigenvalue weighted by Gasteiger charge is -2.34. The van der Waals surface area contributed by atoms with E-state index in [2.05, 4.69) is 75.2 Å². The van der Waals surface area contributed by atoms with E-state index >= 15 is 0 Å². The summed E-state index contributed by atoms with van der Waals surface area (Å²) in [4.78, 5) is 21.7. The van der Waals surface area contributed by atoms with Gasteiger partial charge in [-0.2, -0.15) is 0 Å². The number of methoxy groups -OCH3 is 1. The highest BCUT2D eigenvalue weighted by molar-refractivity contribution is 5.99. The van der Waals surface area contributed by atoms with E-state index in [9.17, 15) is 4.79 Å². The van der Waals surface area contributed by atoms with Crippen LogP contribution < -0.4 is 31.0 Å². The van der Waals surface area contributed by atoms with Crippen LogP contribution in [0.5, 0.6) is 5.75 Å². The van der Waals surface area contributed by atoms with Crippen LogP contribution in [-0.2, 0) is 11.8 Å². The maximum absolute atomic E-state index is 11.9. The molecule has 1 aromatic heterocycles. The lowest BCUT2D eigenvalue weighted by atomic mass is 10.1. The highest BCUT2D eigenvalue weighted by Crippen LogP contribution is 2.31. The number of rotatable bonds is 7. The van der Waals surface area contributed by atoms with E-state index < -0.39 is 0 Å². The molecule has 0 radical (unpaired) electrons. The van der Waals surface area contributed by atoms with E-state index in [1.54, 1.807) is 7.11 Å². The van der Waals surface area contributed by atoms with Crippen molar-refractivity contribution >= 4 is 29.0 Å². The number of allylic oxidation sites excluding steroid dienone is 1. The smallest absolute Gasteiger partial charge is 0.247 e. The Balaban J connectivity index is 1.48. The molecule has 0 unspecified atom stereocenters. The maximum atomic E-state index is 11.9. The van der Waals surface area contributed by atoms with Crippen molar-refractivity contribution in [1.82, 2.24) is 9.47 Å². The van der Waals surface area contributed by atoms with Gasteiger partial charge in [0.25, 0.3) is 0 Å². The molecule has 8 heteroatoms. The number of anilines is 3. The number of nitrogens with one attached hydrogen (secondary N) is 2. The second kappa shape index (κ2) is 11.6. The number of aryl methyl sites for hydroxylation is 1. The summed E-state index contributed by atoms with van der Waals surface area (Å²) in [6, 6.07) is 14.1. The van der Waals surface area contributed by atoms with Crippen molar-refractivity contribution < 1.29 is 9.53 Å². The van der Waals surface area contributed by atoms with Gasteiger partial charge in [0.1, 0.15) is 11.6 Å².